The molecule has 2 heterocycles. The largest absolute Gasteiger partial charge is 0.360 e. The van der Waals surface area contributed by atoms with Crippen molar-refractivity contribution in [3.63, 3.8) is 0 Å². The van der Waals surface area contributed by atoms with Crippen LogP contribution in [0, 0.1) is 5.92 Å². The van der Waals surface area contributed by atoms with Gasteiger partial charge in [-0.05, 0) is 25.3 Å². The molecule has 0 saturated heterocycles. The molecule has 0 spiro atoms. The van der Waals surface area contributed by atoms with Gasteiger partial charge in [0, 0.05) is 35.1 Å². The minimum absolute atomic E-state index is 0.0479. The van der Waals surface area contributed by atoms with Gasteiger partial charge in [-0.25, -0.2) is 15.8 Å². The summed E-state index contributed by atoms with van der Waals surface area (Å²) >= 11 is 0. The summed E-state index contributed by atoms with van der Waals surface area (Å²) < 4.78 is 0. The van der Waals surface area contributed by atoms with Crippen LogP contribution in [-0.4, -0.2) is 33.7 Å². The third-order valence-corrected chi connectivity index (χ3v) is 4.88. The van der Waals surface area contributed by atoms with Crippen molar-refractivity contribution in [2.24, 2.45) is 16.8 Å². The number of benzene rings is 1. The lowest BCUT2D eigenvalue weighted by atomic mass is 10.1. The Hall–Kier alpha value is -3.26. The van der Waals surface area contributed by atoms with Crippen LogP contribution in [0.25, 0.3) is 22.2 Å². The van der Waals surface area contributed by atoms with Crippen molar-refractivity contribution in [3.8, 4) is 11.3 Å². The molecule has 29 heavy (non-hydrogen) atoms. The summed E-state index contributed by atoms with van der Waals surface area (Å²) in [7, 11) is 0. The first kappa shape index (κ1) is 20.5. The van der Waals surface area contributed by atoms with Crippen LogP contribution >= 0.6 is 0 Å². The first-order valence-electron chi connectivity index (χ1n) is 9.81. The van der Waals surface area contributed by atoms with Gasteiger partial charge in [-0.15, -0.1) is 0 Å². The highest BCUT2D eigenvalue weighted by molar-refractivity contribution is 5.95. The maximum atomic E-state index is 12.4. The number of aromatic amines is 1. The monoisotopic (exact) mass is 393 g/mol. The number of nitrogens with zero attached hydrogens (tertiary/aromatic N) is 3. The van der Waals surface area contributed by atoms with Crippen LogP contribution in [0.1, 0.15) is 32.4 Å². The number of nitrogens with one attached hydrogen (secondary N) is 3. The summed E-state index contributed by atoms with van der Waals surface area (Å²) in [6.07, 6.45) is 7.27. The predicted octanol–water partition coefficient (Wildman–Crippen LogP) is 3.03. The van der Waals surface area contributed by atoms with Crippen LogP contribution in [0.2, 0.25) is 0 Å². The van der Waals surface area contributed by atoms with Gasteiger partial charge in [0.1, 0.15) is 0 Å². The molecule has 1 amide bonds. The van der Waals surface area contributed by atoms with Gasteiger partial charge in [0.2, 0.25) is 5.91 Å². The average molecular weight is 393 g/mol. The number of rotatable bonds is 9. The van der Waals surface area contributed by atoms with Crippen molar-refractivity contribution in [2.45, 2.75) is 33.1 Å². The Morgan fingerprint density at radius 2 is 2.21 bits per heavy atom. The number of anilines is 1. The number of H-pyrrole nitrogens is 1. The van der Waals surface area contributed by atoms with Gasteiger partial charge in [-0.3, -0.25) is 9.79 Å². The van der Waals surface area contributed by atoms with Gasteiger partial charge in [-0.1, -0.05) is 32.0 Å². The number of para-hydroxylation sites is 1. The van der Waals surface area contributed by atoms with E-state index in [-0.39, 0.29) is 11.8 Å². The molecule has 5 N–H and O–H groups in total. The van der Waals surface area contributed by atoms with Crippen LogP contribution < -0.4 is 16.6 Å². The highest BCUT2D eigenvalue weighted by Gasteiger charge is 2.16. The highest BCUT2D eigenvalue weighted by Crippen LogP contribution is 2.28. The van der Waals surface area contributed by atoms with Crippen molar-refractivity contribution in [2.75, 3.05) is 11.9 Å². The molecule has 8 nitrogen and oxygen atoms in total. The predicted molar refractivity (Wildman–Crippen MR) is 116 cm³/mol. The number of aliphatic imine (C=N–C) groups is 1. The van der Waals surface area contributed by atoms with Crippen molar-refractivity contribution in [1.82, 2.24) is 20.4 Å². The number of nitrogens with two attached hydrogens (primary N) is 1. The van der Waals surface area contributed by atoms with Crippen molar-refractivity contribution in [1.29, 1.82) is 0 Å². The first-order valence-corrected chi connectivity index (χ1v) is 9.81. The summed E-state index contributed by atoms with van der Waals surface area (Å²) in [5.41, 5.74) is 5.94. The van der Waals surface area contributed by atoms with E-state index in [0.717, 1.165) is 40.7 Å². The molecule has 8 heteroatoms. The number of carbonyl (C=O) groups is 1. The minimum atomic E-state index is -0.0850. The third-order valence-electron chi connectivity index (χ3n) is 4.88. The second-order valence-electron chi connectivity index (χ2n) is 6.90. The molecular formula is C21H27N7O. The van der Waals surface area contributed by atoms with E-state index >= 15 is 0 Å². The molecule has 0 bridgehead atoms. The number of amides is 1. The molecule has 0 radical (unpaired) electrons. The lowest BCUT2D eigenvalue weighted by molar-refractivity contribution is -0.119. The van der Waals surface area contributed by atoms with Gasteiger partial charge < -0.3 is 15.7 Å². The Bertz CT molecular complexity index is 996. The molecule has 0 aliphatic carbocycles. The van der Waals surface area contributed by atoms with Gasteiger partial charge >= 0.3 is 0 Å². The maximum Gasteiger partial charge on any atom is 0.228 e. The van der Waals surface area contributed by atoms with Crippen LogP contribution in [-0.2, 0) is 11.2 Å². The number of aromatic nitrogens is 3. The molecule has 0 aliphatic heterocycles. The minimum Gasteiger partial charge on any atom is -0.360 e. The molecule has 0 fully saturated rings. The fourth-order valence-electron chi connectivity index (χ4n) is 3.00. The standard InChI is InChI=1S/C21H27N7O/c1-3-14(2)21(29)28-20-18(9-6-10-23-13-26-22)27-19(12-25-20)16-11-24-17-8-5-4-7-15(16)17/h4-5,7-8,11-14,24H,3,6,9-10,22H2,1-2H3,(H,23,26)(H,25,28,29). The fraction of sp³-hybridized carbons (Fsp3) is 0.333. The second kappa shape index (κ2) is 9.79. The van der Waals surface area contributed by atoms with Crippen molar-refractivity contribution < 1.29 is 4.79 Å². The lowest BCUT2D eigenvalue weighted by Gasteiger charge is -2.13. The fourth-order valence-corrected chi connectivity index (χ4v) is 3.00. The second-order valence-corrected chi connectivity index (χ2v) is 6.90. The number of hydrogen-bond donors (Lipinski definition) is 4. The summed E-state index contributed by atoms with van der Waals surface area (Å²) in [4.78, 5) is 29.2. The summed E-state index contributed by atoms with van der Waals surface area (Å²) in [5.74, 6) is 5.57. The van der Waals surface area contributed by atoms with E-state index in [1.807, 2.05) is 38.2 Å². The van der Waals surface area contributed by atoms with Gasteiger partial charge in [0.05, 0.1) is 23.9 Å². The van der Waals surface area contributed by atoms with Gasteiger partial charge in [-0.2, -0.15) is 0 Å². The molecule has 2 aromatic heterocycles. The lowest BCUT2D eigenvalue weighted by Crippen LogP contribution is -2.22. The number of fused-ring (bicyclic) bond motifs is 1. The molecule has 152 valence electrons. The topological polar surface area (TPSA) is 121 Å². The number of aryl methyl sites for hydroxylation is 1. The smallest absolute Gasteiger partial charge is 0.228 e. The number of hydrogen-bond acceptors (Lipinski definition) is 5. The van der Waals surface area contributed by atoms with Gasteiger partial charge in [0.15, 0.2) is 5.82 Å². The van der Waals surface area contributed by atoms with Gasteiger partial charge in [0.25, 0.3) is 0 Å². The molecule has 1 aromatic carbocycles. The average Bonchev–Trinajstić information content (AvgIpc) is 3.18. The van der Waals surface area contributed by atoms with E-state index in [2.05, 4.69) is 31.8 Å². The number of carbonyl (C=O) groups excluding carboxylic acids is 1. The zero-order valence-corrected chi connectivity index (χ0v) is 16.8. The Balaban J connectivity index is 1.90. The third kappa shape index (κ3) is 4.97. The van der Waals surface area contributed by atoms with E-state index < -0.39 is 0 Å². The Labute approximate surface area is 170 Å². The molecule has 3 aromatic rings. The highest BCUT2D eigenvalue weighted by atomic mass is 16.1. The number of hydrazine groups is 1. The molecule has 3 rings (SSSR count). The summed E-state index contributed by atoms with van der Waals surface area (Å²) in [6, 6.07) is 8.06. The Morgan fingerprint density at radius 3 is 3.00 bits per heavy atom. The Kier molecular flexibility index (Phi) is 6.91. The van der Waals surface area contributed by atoms with Crippen molar-refractivity contribution in [3.05, 3.63) is 42.4 Å². The van der Waals surface area contributed by atoms with Crippen LogP contribution in [0.3, 0.4) is 0 Å². The molecule has 1 atom stereocenters. The zero-order chi connectivity index (χ0) is 20.6. The molecule has 0 saturated carbocycles. The summed E-state index contributed by atoms with van der Waals surface area (Å²) in [5, 5.41) is 4.02. The summed E-state index contributed by atoms with van der Waals surface area (Å²) in [6.45, 7) is 4.49. The first-order chi connectivity index (χ1) is 14.1. The van der Waals surface area contributed by atoms with E-state index in [0.29, 0.717) is 18.8 Å². The maximum absolute atomic E-state index is 12.4. The quantitative estimate of drug-likeness (QED) is 0.146. The molecular weight excluding hydrogens is 366 g/mol. The van der Waals surface area contributed by atoms with E-state index in [1.54, 1.807) is 6.20 Å². The molecule has 1 unspecified atom stereocenters. The normalized spacial score (nSPS) is 12.4. The van der Waals surface area contributed by atoms with Crippen LogP contribution in [0.5, 0.6) is 0 Å². The molecule has 0 aliphatic rings. The van der Waals surface area contributed by atoms with E-state index in [1.165, 1.54) is 6.34 Å². The Morgan fingerprint density at radius 1 is 1.38 bits per heavy atom. The SMILES string of the molecule is CCC(C)C(=O)Nc1ncc(-c2c[nH]c3ccccc23)nc1CCCN=CNN. The zero-order valence-electron chi connectivity index (χ0n) is 16.8. The van der Waals surface area contributed by atoms with E-state index in [9.17, 15) is 4.79 Å². The van der Waals surface area contributed by atoms with Crippen LogP contribution in [0.15, 0.2) is 41.7 Å². The van der Waals surface area contributed by atoms with Crippen molar-refractivity contribution >= 4 is 29.0 Å². The van der Waals surface area contributed by atoms with E-state index in [4.69, 9.17) is 10.8 Å². The van der Waals surface area contributed by atoms with Crippen LogP contribution in [0.4, 0.5) is 5.82 Å².